The minimum Gasteiger partial charge on any atom is -0.480 e. The van der Waals surface area contributed by atoms with Gasteiger partial charge >= 0.3 is 11.9 Å². The van der Waals surface area contributed by atoms with Crippen LogP contribution in [0, 0.1) is 11.3 Å². The van der Waals surface area contributed by atoms with Crippen LogP contribution in [-0.2, 0) is 9.59 Å². The SMILES string of the molecule is O=C(O)C(CCCS)(C(=O)O)C1CC1. The first-order valence-electron chi connectivity index (χ1n) is 4.63. The lowest BCUT2D eigenvalue weighted by Crippen LogP contribution is -2.41. The predicted molar refractivity (Wildman–Crippen MR) is 53.5 cm³/mol. The Bertz CT molecular complexity index is 233. The van der Waals surface area contributed by atoms with E-state index in [1.165, 1.54) is 0 Å². The first kappa shape index (κ1) is 11.4. The maximum absolute atomic E-state index is 11.0. The second-order valence-electron chi connectivity index (χ2n) is 3.68. The molecule has 0 amide bonds. The Balaban J connectivity index is 2.84. The van der Waals surface area contributed by atoms with Gasteiger partial charge in [-0.2, -0.15) is 12.6 Å². The van der Waals surface area contributed by atoms with Crippen molar-refractivity contribution in [1.82, 2.24) is 0 Å². The van der Waals surface area contributed by atoms with Gasteiger partial charge in [-0.05, 0) is 37.4 Å². The monoisotopic (exact) mass is 218 g/mol. The molecule has 0 heterocycles. The van der Waals surface area contributed by atoms with Crippen molar-refractivity contribution >= 4 is 24.6 Å². The molecule has 0 radical (unpaired) electrons. The van der Waals surface area contributed by atoms with E-state index >= 15 is 0 Å². The summed E-state index contributed by atoms with van der Waals surface area (Å²) in [5, 5.41) is 18.1. The van der Waals surface area contributed by atoms with Crippen LogP contribution >= 0.6 is 12.6 Å². The van der Waals surface area contributed by atoms with Gasteiger partial charge in [0.05, 0.1) is 0 Å². The van der Waals surface area contributed by atoms with Gasteiger partial charge in [0.2, 0.25) is 0 Å². The second-order valence-corrected chi connectivity index (χ2v) is 4.13. The molecule has 1 fully saturated rings. The maximum Gasteiger partial charge on any atom is 0.321 e. The van der Waals surface area contributed by atoms with Gasteiger partial charge in [0.15, 0.2) is 5.41 Å². The van der Waals surface area contributed by atoms with E-state index in [-0.39, 0.29) is 12.3 Å². The molecule has 4 nitrogen and oxygen atoms in total. The lowest BCUT2D eigenvalue weighted by Gasteiger charge is -2.24. The average molecular weight is 218 g/mol. The minimum absolute atomic E-state index is 0.183. The fraction of sp³-hybridized carbons (Fsp3) is 0.778. The Labute approximate surface area is 87.7 Å². The molecule has 1 saturated carbocycles. The van der Waals surface area contributed by atoms with Crippen LogP contribution in [0.4, 0.5) is 0 Å². The third-order valence-corrected chi connectivity index (χ3v) is 3.08. The number of hydrogen-bond donors (Lipinski definition) is 3. The molecule has 0 aromatic carbocycles. The van der Waals surface area contributed by atoms with Crippen LogP contribution in [0.3, 0.4) is 0 Å². The van der Waals surface area contributed by atoms with Crippen molar-refractivity contribution in [2.24, 2.45) is 11.3 Å². The molecular formula is C9H14O4S. The van der Waals surface area contributed by atoms with Crippen LogP contribution < -0.4 is 0 Å². The van der Waals surface area contributed by atoms with E-state index in [1.807, 2.05) is 0 Å². The first-order valence-corrected chi connectivity index (χ1v) is 5.26. The third-order valence-electron chi connectivity index (χ3n) is 2.77. The Morgan fingerprint density at radius 1 is 1.29 bits per heavy atom. The van der Waals surface area contributed by atoms with E-state index in [1.54, 1.807) is 0 Å². The highest BCUT2D eigenvalue weighted by atomic mass is 32.1. The van der Waals surface area contributed by atoms with Gasteiger partial charge in [0.25, 0.3) is 0 Å². The Kier molecular flexibility index (Phi) is 3.42. The number of carbonyl (C=O) groups is 2. The van der Waals surface area contributed by atoms with Crippen molar-refractivity contribution in [3.8, 4) is 0 Å². The van der Waals surface area contributed by atoms with Crippen molar-refractivity contribution < 1.29 is 19.8 Å². The average Bonchev–Trinajstić information content (AvgIpc) is 2.88. The molecule has 0 unspecified atom stereocenters. The van der Waals surface area contributed by atoms with Crippen LogP contribution in [-0.4, -0.2) is 27.9 Å². The summed E-state index contributed by atoms with van der Waals surface area (Å²) >= 11 is 3.97. The molecule has 14 heavy (non-hydrogen) atoms. The molecule has 1 rings (SSSR count). The summed E-state index contributed by atoms with van der Waals surface area (Å²) < 4.78 is 0. The van der Waals surface area contributed by atoms with Gasteiger partial charge in [0, 0.05) is 0 Å². The summed E-state index contributed by atoms with van der Waals surface area (Å²) in [5.41, 5.74) is -1.55. The second kappa shape index (κ2) is 4.21. The van der Waals surface area contributed by atoms with E-state index in [0.29, 0.717) is 25.0 Å². The number of rotatable bonds is 6. The van der Waals surface area contributed by atoms with Gasteiger partial charge in [0.1, 0.15) is 0 Å². The van der Waals surface area contributed by atoms with E-state index in [4.69, 9.17) is 10.2 Å². The van der Waals surface area contributed by atoms with Crippen LogP contribution in [0.5, 0.6) is 0 Å². The number of carboxylic acids is 2. The molecule has 0 saturated heterocycles. The smallest absolute Gasteiger partial charge is 0.321 e. The molecule has 0 bridgehead atoms. The summed E-state index contributed by atoms with van der Waals surface area (Å²) in [6, 6.07) is 0. The standard InChI is InChI=1S/C9H14O4S/c10-7(11)9(8(12)13,4-1-5-14)6-2-3-6/h6,14H,1-5H2,(H,10,11)(H,12,13). The number of thiol groups is 1. The van der Waals surface area contributed by atoms with Crippen molar-refractivity contribution in [3.05, 3.63) is 0 Å². The zero-order valence-corrected chi connectivity index (χ0v) is 8.67. The Morgan fingerprint density at radius 2 is 1.79 bits per heavy atom. The fourth-order valence-corrected chi connectivity index (χ4v) is 1.95. The van der Waals surface area contributed by atoms with Gasteiger partial charge < -0.3 is 10.2 Å². The largest absolute Gasteiger partial charge is 0.480 e. The van der Waals surface area contributed by atoms with Crippen LogP contribution in [0.1, 0.15) is 25.7 Å². The first-order chi connectivity index (χ1) is 6.55. The molecule has 0 spiro atoms. The van der Waals surface area contributed by atoms with Crippen molar-refractivity contribution in [1.29, 1.82) is 0 Å². The summed E-state index contributed by atoms with van der Waals surface area (Å²) in [4.78, 5) is 22.1. The molecule has 1 aliphatic rings. The molecule has 0 aromatic rings. The van der Waals surface area contributed by atoms with Gasteiger partial charge in [-0.1, -0.05) is 0 Å². The highest BCUT2D eigenvalue weighted by molar-refractivity contribution is 7.80. The highest BCUT2D eigenvalue weighted by Gasteiger charge is 2.56. The molecule has 80 valence electrons. The van der Waals surface area contributed by atoms with Gasteiger partial charge in [-0.25, -0.2) is 0 Å². The molecule has 0 atom stereocenters. The zero-order chi connectivity index (χ0) is 10.8. The molecule has 0 aromatic heterocycles. The van der Waals surface area contributed by atoms with Crippen molar-refractivity contribution in [2.75, 3.05) is 5.75 Å². The lowest BCUT2D eigenvalue weighted by atomic mass is 9.78. The third kappa shape index (κ3) is 1.87. The number of hydrogen-bond acceptors (Lipinski definition) is 3. The van der Waals surface area contributed by atoms with Gasteiger partial charge in [-0.3, -0.25) is 9.59 Å². The molecule has 5 heteroatoms. The molecule has 2 N–H and O–H groups in total. The van der Waals surface area contributed by atoms with Crippen LogP contribution in [0.15, 0.2) is 0 Å². The molecular weight excluding hydrogens is 204 g/mol. The van der Waals surface area contributed by atoms with E-state index in [9.17, 15) is 9.59 Å². The lowest BCUT2D eigenvalue weighted by molar-refractivity contribution is -0.167. The van der Waals surface area contributed by atoms with Crippen molar-refractivity contribution in [2.45, 2.75) is 25.7 Å². The summed E-state index contributed by atoms with van der Waals surface area (Å²) in [6.45, 7) is 0. The topological polar surface area (TPSA) is 74.6 Å². The zero-order valence-electron chi connectivity index (χ0n) is 7.77. The fourth-order valence-electron chi connectivity index (χ4n) is 1.79. The van der Waals surface area contributed by atoms with E-state index in [2.05, 4.69) is 12.6 Å². The molecule has 1 aliphatic carbocycles. The van der Waals surface area contributed by atoms with Crippen molar-refractivity contribution in [3.63, 3.8) is 0 Å². The summed E-state index contributed by atoms with van der Waals surface area (Å²) in [5.74, 6) is -2.06. The van der Waals surface area contributed by atoms with Crippen LogP contribution in [0.25, 0.3) is 0 Å². The van der Waals surface area contributed by atoms with E-state index < -0.39 is 17.4 Å². The summed E-state index contributed by atoms with van der Waals surface area (Å²) in [6.07, 6.45) is 2.14. The van der Waals surface area contributed by atoms with Crippen LogP contribution in [0.2, 0.25) is 0 Å². The molecule has 0 aliphatic heterocycles. The number of aliphatic carboxylic acids is 2. The minimum atomic E-state index is -1.55. The summed E-state index contributed by atoms with van der Waals surface area (Å²) in [7, 11) is 0. The van der Waals surface area contributed by atoms with E-state index in [0.717, 1.165) is 0 Å². The normalized spacial score (nSPS) is 16.6. The van der Waals surface area contributed by atoms with Gasteiger partial charge in [-0.15, -0.1) is 0 Å². The maximum atomic E-state index is 11.0. The number of carboxylic acid groups (broad SMARTS) is 2. The Morgan fingerprint density at radius 3 is 2.07 bits per heavy atom. The predicted octanol–water partition coefficient (Wildman–Crippen LogP) is 1.26. The Hall–Kier alpha value is -0.710. The highest BCUT2D eigenvalue weighted by Crippen LogP contribution is 2.49. The quantitative estimate of drug-likeness (QED) is 0.463.